The molecule has 2 N–H and O–H groups in total. The molecule has 1 amide bonds. The van der Waals surface area contributed by atoms with Crippen LogP contribution in [0.4, 0.5) is 0 Å². The van der Waals surface area contributed by atoms with Crippen LogP contribution in [0.5, 0.6) is 0 Å². The van der Waals surface area contributed by atoms with Crippen LogP contribution >= 0.6 is 11.6 Å². The van der Waals surface area contributed by atoms with Gasteiger partial charge in [-0.05, 0) is 42.5 Å². The Labute approximate surface area is 147 Å². The molecule has 0 radical (unpaired) electrons. The van der Waals surface area contributed by atoms with E-state index in [9.17, 15) is 23.1 Å². The molecule has 1 rings (SSSR count). The molecule has 8 heteroatoms. The maximum absolute atomic E-state index is 12.2. The highest BCUT2D eigenvalue weighted by atomic mass is 35.5. The number of sulfone groups is 1. The molecule has 0 aliphatic heterocycles. The van der Waals surface area contributed by atoms with Crippen molar-refractivity contribution in [3.8, 4) is 0 Å². The highest BCUT2D eigenvalue weighted by Gasteiger charge is 2.26. The van der Waals surface area contributed by atoms with Crippen LogP contribution in [0, 0.1) is 5.41 Å². The van der Waals surface area contributed by atoms with E-state index in [1.54, 1.807) is 0 Å². The monoisotopic (exact) mass is 375 g/mol. The minimum atomic E-state index is -3.85. The van der Waals surface area contributed by atoms with Gasteiger partial charge < -0.3 is 10.4 Å². The Balaban J connectivity index is 2.74. The molecule has 1 unspecified atom stereocenters. The lowest BCUT2D eigenvalue weighted by Gasteiger charge is -2.21. The first kappa shape index (κ1) is 20.4. The number of carbonyl (C=O) groups is 2. The number of carboxylic acid groups (broad SMARTS) is 1. The Morgan fingerprint density at radius 3 is 2.21 bits per heavy atom. The van der Waals surface area contributed by atoms with E-state index in [0.29, 0.717) is 11.4 Å². The SMILES string of the molecule is CC(C)(C)CCC(NC(=O)CS(=O)(=O)c1ccc(Cl)cc1)C(=O)O. The van der Waals surface area contributed by atoms with Crippen LogP contribution in [-0.4, -0.2) is 37.2 Å². The van der Waals surface area contributed by atoms with E-state index in [1.165, 1.54) is 24.3 Å². The molecule has 0 spiro atoms. The predicted octanol–water partition coefficient (Wildman–Crippen LogP) is 2.51. The number of carboxylic acids is 1. The molecule has 24 heavy (non-hydrogen) atoms. The summed E-state index contributed by atoms with van der Waals surface area (Å²) in [7, 11) is -3.85. The summed E-state index contributed by atoms with van der Waals surface area (Å²) in [4.78, 5) is 23.2. The molecule has 1 atom stereocenters. The first-order valence-corrected chi connectivity index (χ1v) is 9.44. The summed E-state index contributed by atoms with van der Waals surface area (Å²) in [5, 5.41) is 11.8. The zero-order valence-corrected chi connectivity index (χ0v) is 15.4. The van der Waals surface area contributed by atoms with Crippen LogP contribution in [0.15, 0.2) is 29.2 Å². The van der Waals surface area contributed by atoms with Gasteiger partial charge in [-0.1, -0.05) is 32.4 Å². The normalized spacial score (nSPS) is 13.3. The number of rotatable bonds is 7. The number of hydrogen-bond donors (Lipinski definition) is 2. The largest absolute Gasteiger partial charge is 0.480 e. The fourth-order valence-corrected chi connectivity index (χ4v) is 3.24. The van der Waals surface area contributed by atoms with Crippen molar-refractivity contribution >= 4 is 33.3 Å². The smallest absolute Gasteiger partial charge is 0.326 e. The molecule has 134 valence electrons. The molecule has 0 saturated heterocycles. The van der Waals surface area contributed by atoms with Gasteiger partial charge in [-0.2, -0.15) is 0 Å². The van der Waals surface area contributed by atoms with Gasteiger partial charge in [-0.25, -0.2) is 13.2 Å². The summed E-state index contributed by atoms with van der Waals surface area (Å²) in [6, 6.07) is 4.32. The second-order valence-electron chi connectivity index (χ2n) is 6.77. The van der Waals surface area contributed by atoms with Crippen LogP contribution < -0.4 is 5.32 Å². The van der Waals surface area contributed by atoms with E-state index in [-0.39, 0.29) is 16.7 Å². The number of nitrogens with one attached hydrogen (secondary N) is 1. The topological polar surface area (TPSA) is 101 Å². The Morgan fingerprint density at radius 1 is 1.21 bits per heavy atom. The number of aliphatic carboxylic acids is 1. The van der Waals surface area contributed by atoms with Gasteiger partial charge in [-0.3, -0.25) is 4.79 Å². The van der Waals surface area contributed by atoms with E-state index >= 15 is 0 Å². The maximum Gasteiger partial charge on any atom is 0.326 e. The van der Waals surface area contributed by atoms with E-state index in [4.69, 9.17) is 11.6 Å². The molecule has 0 heterocycles. The van der Waals surface area contributed by atoms with Crippen LogP contribution in [-0.2, 0) is 19.4 Å². The van der Waals surface area contributed by atoms with Crippen molar-refractivity contribution in [1.82, 2.24) is 5.32 Å². The Bertz CT molecular complexity index is 692. The van der Waals surface area contributed by atoms with E-state index in [0.717, 1.165) is 0 Å². The van der Waals surface area contributed by atoms with Crippen molar-refractivity contribution in [3.63, 3.8) is 0 Å². The molecule has 0 bridgehead atoms. The van der Waals surface area contributed by atoms with Crippen LogP contribution in [0.2, 0.25) is 5.02 Å². The molecule has 0 aliphatic rings. The molecule has 6 nitrogen and oxygen atoms in total. The fourth-order valence-electron chi connectivity index (χ4n) is 1.97. The van der Waals surface area contributed by atoms with E-state index in [2.05, 4.69) is 5.32 Å². The molecule has 0 aromatic heterocycles. The van der Waals surface area contributed by atoms with Crippen molar-refractivity contribution in [1.29, 1.82) is 0 Å². The van der Waals surface area contributed by atoms with Gasteiger partial charge in [-0.15, -0.1) is 0 Å². The third kappa shape index (κ3) is 6.88. The van der Waals surface area contributed by atoms with Crippen LogP contribution in [0.1, 0.15) is 33.6 Å². The number of hydrogen-bond acceptors (Lipinski definition) is 4. The summed E-state index contributed by atoms with van der Waals surface area (Å²) in [6.45, 7) is 5.87. The first-order chi connectivity index (χ1) is 10.9. The minimum absolute atomic E-state index is 0.0383. The second-order valence-corrected chi connectivity index (χ2v) is 9.20. The Kier molecular flexibility index (Phi) is 6.80. The van der Waals surface area contributed by atoms with Gasteiger partial charge in [0.05, 0.1) is 4.90 Å². The average molecular weight is 376 g/mol. The Morgan fingerprint density at radius 2 is 1.75 bits per heavy atom. The van der Waals surface area contributed by atoms with Crippen molar-refractivity contribution < 1.29 is 23.1 Å². The highest BCUT2D eigenvalue weighted by Crippen LogP contribution is 2.22. The second kappa shape index (κ2) is 7.98. The standard InChI is InChI=1S/C16H22ClNO5S/c1-16(2,3)9-8-13(15(20)21)18-14(19)10-24(22,23)12-6-4-11(17)5-7-12/h4-7,13H,8-10H2,1-3H3,(H,18,19)(H,20,21). The van der Waals surface area contributed by atoms with Crippen molar-refractivity contribution in [2.75, 3.05) is 5.75 Å². The number of carbonyl (C=O) groups excluding carboxylic acids is 1. The van der Waals surface area contributed by atoms with Crippen molar-refractivity contribution in [2.45, 2.75) is 44.6 Å². The van der Waals surface area contributed by atoms with E-state index in [1.807, 2.05) is 20.8 Å². The number of benzene rings is 1. The first-order valence-electron chi connectivity index (χ1n) is 7.41. The average Bonchev–Trinajstić information content (AvgIpc) is 2.42. The molecular weight excluding hydrogens is 354 g/mol. The summed E-state index contributed by atoms with van der Waals surface area (Å²) in [5.41, 5.74) is -0.0895. The molecular formula is C16H22ClNO5S. The highest BCUT2D eigenvalue weighted by molar-refractivity contribution is 7.92. The Hall–Kier alpha value is -1.60. The quantitative estimate of drug-likeness (QED) is 0.762. The van der Waals surface area contributed by atoms with Crippen molar-refractivity contribution in [3.05, 3.63) is 29.3 Å². The third-order valence-corrected chi connectivity index (χ3v) is 5.19. The lowest BCUT2D eigenvalue weighted by molar-refractivity contribution is -0.141. The number of amides is 1. The lowest BCUT2D eigenvalue weighted by atomic mass is 9.88. The minimum Gasteiger partial charge on any atom is -0.480 e. The summed E-state index contributed by atoms with van der Waals surface area (Å²) in [6.07, 6.45) is 0.805. The van der Waals surface area contributed by atoms with Gasteiger partial charge in [0.25, 0.3) is 0 Å². The van der Waals surface area contributed by atoms with Crippen LogP contribution in [0.25, 0.3) is 0 Å². The molecule has 1 aromatic carbocycles. The lowest BCUT2D eigenvalue weighted by Crippen LogP contribution is -2.43. The third-order valence-electron chi connectivity index (χ3n) is 3.31. The van der Waals surface area contributed by atoms with Gasteiger partial charge >= 0.3 is 5.97 Å². The van der Waals surface area contributed by atoms with Gasteiger partial charge in [0.1, 0.15) is 11.8 Å². The molecule has 0 fully saturated rings. The zero-order chi connectivity index (χ0) is 18.5. The zero-order valence-electron chi connectivity index (χ0n) is 13.9. The van der Waals surface area contributed by atoms with Gasteiger partial charge in [0, 0.05) is 5.02 Å². The maximum atomic E-state index is 12.2. The summed E-state index contributed by atoms with van der Waals surface area (Å²) >= 11 is 5.70. The fraction of sp³-hybridized carbons (Fsp3) is 0.500. The summed E-state index contributed by atoms with van der Waals surface area (Å²) < 4.78 is 24.3. The van der Waals surface area contributed by atoms with Gasteiger partial charge in [0.15, 0.2) is 9.84 Å². The van der Waals surface area contributed by atoms with Crippen molar-refractivity contribution in [2.24, 2.45) is 5.41 Å². The predicted molar refractivity (Wildman–Crippen MR) is 91.8 cm³/mol. The molecule has 0 aliphatic carbocycles. The van der Waals surface area contributed by atoms with Crippen LogP contribution in [0.3, 0.4) is 0 Å². The van der Waals surface area contributed by atoms with Gasteiger partial charge in [0.2, 0.25) is 5.91 Å². The molecule has 0 saturated carbocycles. The number of halogens is 1. The van der Waals surface area contributed by atoms with E-state index < -0.39 is 33.5 Å². The molecule has 1 aromatic rings. The summed E-state index contributed by atoms with van der Waals surface area (Å²) in [5.74, 6) is -2.84.